The van der Waals surface area contributed by atoms with Crippen molar-refractivity contribution in [1.82, 2.24) is 5.32 Å². The van der Waals surface area contributed by atoms with E-state index in [0.717, 1.165) is 5.56 Å². The molecule has 0 heterocycles. The smallest absolute Gasteiger partial charge is 0.320 e. The van der Waals surface area contributed by atoms with Crippen molar-refractivity contribution in [3.63, 3.8) is 0 Å². The van der Waals surface area contributed by atoms with Crippen molar-refractivity contribution in [3.05, 3.63) is 35.9 Å². The van der Waals surface area contributed by atoms with Crippen molar-refractivity contribution in [3.8, 4) is 0 Å². The van der Waals surface area contributed by atoms with Gasteiger partial charge in [0.1, 0.15) is 6.04 Å². The highest BCUT2D eigenvalue weighted by Crippen LogP contribution is 2.23. The molecule has 0 aliphatic rings. The predicted octanol–water partition coefficient (Wildman–Crippen LogP) is 3.08. The molecule has 100 valence electrons. The number of nitrogens with one attached hydrogen (secondary N) is 1. The normalized spacial score (nSPS) is 14.8. The van der Waals surface area contributed by atoms with Gasteiger partial charge in [-0.3, -0.25) is 10.1 Å². The quantitative estimate of drug-likeness (QED) is 0.814. The first-order valence-electron chi connectivity index (χ1n) is 6.47. The van der Waals surface area contributed by atoms with Gasteiger partial charge in [-0.1, -0.05) is 58.0 Å². The molecule has 2 unspecified atom stereocenters. The van der Waals surface area contributed by atoms with E-state index in [9.17, 15) is 9.90 Å². The SMILES string of the molecule is CC(C)C(NC(c1ccccc1)C(C)C)C(=O)O. The lowest BCUT2D eigenvalue weighted by atomic mass is 9.93. The highest BCUT2D eigenvalue weighted by molar-refractivity contribution is 5.73. The van der Waals surface area contributed by atoms with E-state index in [-0.39, 0.29) is 12.0 Å². The molecule has 18 heavy (non-hydrogen) atoms. The summed E-state index contributed by atoms with van der Waals surface area (Å²) >= 11 is 0. The number of hydrogen-bond donors (Lipinski definition) is 2. The van der Waals surface area contributed by atoms with Gasteiger partial charge in [0.25, 0.3) is 0 Å². The Morgan fingerprint density at radius 2 is 1.61 bits per heavy atom. The number of carbonyl (C=O) groups is 1. The lowest BCUT2D eigenvalue weighted by Crippen LogP contribution is -2.44. The molecule has 1 rings (SSSR count). The van der Waals surface area contributed by atoms with Gasteiger partial charge in [-0.2, -0.15) is 0 Å². The van der Waals surface area contributed by atoms with Crippen molar-refractivity contribution in [2.45, 2.75) is 39.8 Å². The highest BCUT2D eigenvalue weighted by Gasteiger charge is 2.26. The van der Waals surface area contributed by atoms with Crippen LogP contribution in [0, 0.1) is 11.8 Å². The summed E-state index contributed by atoms with van der Waals surface area (Å²) < 4.78 is 0. The molecule has 3 nitrogen and oxygen atoms in total. The molecule has 0 aliphatic carbocycles. The second-order valence-corrected chi connectivity index (χ2v) is 5.36. The molecule has 3 heteroatoms. The maximum atomic E-state index is 11.3. The molecular formula is C15H23NO2. The summed E-state index contributed by atoms with van der Waals surface area (Å²) in [4.78, 5) is 11.3. The van der Waals surface area contributed by atoms with Crippen LogP contribution in [0.1, 0.15) is 39.3 Å². The molecule has 2 atom stereocenters. The number of aliphatic carboxylic acids is 1. The van der Waals surface area contributed by atoms with Crippen LogP contribution in [0.15, 0.2) is 30.3 Å². The Morgan fingerprint density at radius 1 is 1.06 bits per heavy atom. The second kappa shape index (κ2) is 6.55. The minimum atomic E-state index is -0.786. The predicted molar refractivity (Wildman–Crippen MR) is 73.4 cm³/mol. The topological polar surface area (TPSA) is 49.3 Å². The minimum absolute atomic E-state index is 0.0625. The Balaban J connectivity index is 2.90. The average molecular weight is 249 g/mol. The van der Waals surface area contributed by atoms with Crippen molar-refractivity contribution < 1.29 is 9.90 Å². The Bertz CT molecular complexity index is 373. The maximum absolute atomic E-state index is 11.3. The number of benzene rings is 1. The Hall–Kier alpha value is -1.35. The fraction of sp³-hybridized carbons (Fsp3) is 0.533. The van der Waals surface area contributed by atoms with Gasteiger partial charge in [-0.05, 0) is 17.4 Å². The Morgan fingerprint density at radius 3 is 2.00 bits per heavy atom. The summed E-state index contributed by atoms with van der Waals surface area (Å²) in [5, 5.41) is 12.5. The van der Waals surface area contributed by atoms with Gasteiger partial charge in [0.05, 0.1) is 0 Å². The van der Waals surface area contributed by atoms with Crippen LogP contribution in [0.2, 0.25) is 0 Å². The lowest BCUT2D eigenvalue weighted by molar-refractivity contribution is -0.141. The maximum Gasteiger partial charge on any atom is 0.320 e. The first-order valence-corrected chi connectivity index (χ1v) is 6.47. The second-order valence-electron chi connectivity index (χ2n) is 5.36. The van der Waals surface area contributed by atoms with Crippen LogP contribution in [0.4, 0.5) is 0 Å². The van der Waals surface area contributed by atoms with Crippen LogP contribution in [0.25, 0.3) is 0 Å². The molecule has 1 aromatic rings. The van der Waals surface area contributed by atoms with Crippen LogP contribution < -0.4 is 5.32 Å². The molecule has 1 aromatic carbocycles. The third kappa shape index (κ3) is 3.84. The molecule has 0 radical (unpaired) electrons. The van der Waals surface area contributed by atoms with E-state index in [1.165, 1.54) is 0 Å². The van der Waals surface area contributed by atoms with Crippen molar-refractivity contribution in [1.29, 1.82) is 0 Å². The fourth-order valence-corrected chi connectivity index (χ4v) is 2.08. The van der Waals surface area contributed by atoms with Gasteiger partial charge in [0.2, 0.25) is 0 Å². The molecule has 0 amide bonds. The molecule has 0 spiro atoms. The largest absolute Gasteiger partial charge is 0.480 e. The van der Waals surface area contributed by atoms with Crippen LogP contribution in [-0.2, 0) is 4.79 Å². The summed E-state index contributed by atoms with van der Waals surface area (Å²) in [6.45, 7) is 8.05. The van der Waals surface area contributed by atoms with E-state index in [1.807, 2.05) is 44.2 Å². The first-order chi connectivity index (χ1) is 8.43. The van der Waals surface area contributed by atoms with Gasteiger partial charge in [-0.15, -0.1) is 0 Å². The summed E-state index contributed by atoms with van der Waals surface area (Å²) in [6, 6.07) is 9.56. The van der Waals surface area contributed by atoms with E-state index < -0.39 is 12.0 Å². The standard InChI is InChI=1S/C15H23NO2/c1-10(2)13(12-8-6-5-7-9-12)16-14(11(3)4)15(17)18/h5-11,13-14,16H,1-4H3,(H,17,18). The zero-order chi connectivity index (χ0) is 13.7. The third-order valence-corrected chi connectivity index (χ3v) is 3.12. The van der Waals surface area contributed by atoms with Crippen LogP contribution >= 0.6 is 0 Å². The zero-order valence-corrected chi connectivity index (χ0v) is 11.6. The van der Waals surface area contributed by atoms with Crippen molar-refractivity contribution >= 4 is 5.97 Å². The monoisotopic (exact) mass is 249 g/mol. The van der Waals surface area contributed by atoms with Crippen LogP contribution in [0.3, 0.4) is 0 Å². The molecule has 0 aliphatic heterocycles. The summed E-state index contributed by atoms with van der Waals surface area (Å²) in [7, 11) is 0. The molecule has 0 saturated heterocycles. The van der Waals surface area contributed by atoms with Gasteiger partial charge in [0, 0.05) is 6.04 Å². The number of hydrogen-bond acceptors (Lipinski definition) is 2. The van der Waals surface area contributed by atoms with Gasteiger partial charge >= 0.3 is 5.97 Å². The van der Waals surface area contributed by atoms with Crippen LogP contribution in [-0.4, -0.2) is 17.1 Å². The lowest BCUT2D eigenvalue weighted by Gasteiger charge is -2.28. The van der Waals surface area contributed by atoms with Crippen molar-refractivity contribution in [2.75, 3.05) is 0 Å². The number of carboxylic acid groups (broad SMARTS) is 1. The summed E-state index contributed by atoms with van der Waals surface area (Å²) in [5.74, 6) is -0.382. The summed E-state index contributed by atoms with van der Waals surface area (Å²) in [6.07, 6.45) is 0. The van der Waals surface area contributed by atoms with E-state index >= 15 is 0 Å². The third-order valence-electron chi connectivity index (χ3n) is 3.12. The van der Waals surface area contributed by atoms with Gasteiger partial charge < -0.3 is 5.11 Å². The molecule has 0 bridgehead atoms. The number of carboxylic acids is 1. The van der Waals surface area contributed by atoms with E-state index in [1.54, 1.807) is 0 Å². The summed E-state index contributed by atoms with van der Waals surface area (Å²) in [5.41, 5.74) is 1.14. The number of rotatable bonds is 6. The van der Waals surface area contributed by atoms with Gasteiger partial charge in [-0.25, -0.2) is 0 Å². The van der Waals surface area contributed by atoms with Crippen LogP contribution in [0.5, 0.6) is 0 Å². The Kier molecular flexibility index (Phi) is 5.35. The Labute approximate surface area is 109 Å². The zero-order valence-electron chi connectivity index (χ0n) is 11.6. The molecule has 0 aromatic heterocycles. The van der Waals surface area contributed by atoms with E-state index in [0.29, 0.717) is 5.92 Å². The fourth-order valence-electron chi connectivity index (χ4n) is 2.08. The molecule has 2 N–H and O–H groups in total. The van der Waals surface area contributed by atoms with Crippen molar-refractivity contribution in [2.24, 2.45) is 11.8 Å². The first kappa shape index (κ1) is 14.7. The highest BCUT2D eigenvalue weighted by atomic mass is 16.4. The minimum Gasteiger partial charge on any atom is -0.480 e. The molecular weight excluding hydrogens is 226 g/mol. The average Bonchev–Trinajstić information content (AvgIpc) is 2.29. The molecule has 0 saturated carbocycles. The van der Waals surface area contributed by atoms with E-state index in [2.05, 4.69) is 19.2 Å². The van der Waals surface area contributed by atoms with E-state index in [4.69, 9.17) is 0 Å². The van der Waals surface area contributed by atoms with Gasteiger partial charge in [0.15, 0.2) is 0 Å². The molecule has 0 fully saturated rings.